The maximum Gasteiger partial charge on any atom is 0.163 e. The first kappa shape index (κ1) is 17.3. The van der Waals surface area contributed by atoms with E-state index in [2.05, 4.69) is 35.6 Å². The molecule has 0 radical (unpaired) electrons. The fraction of sp³-hybridized carbons (Fsp3) is 0.538. The van der Waals surface area contributed by atoms with Gasteiger partial charge >= 0.3 is 0 Å². The Labute approximate surface area is 152 Å². The molecule has 116 valence electrons. The van der Waals surface area contributed by atoms with Gasteiger partial charge in [-0.3, -0.25) is 5.32 Å². The minimum atomic E-state index is -0.183. The van der Waals surface area contributed by atoms with Gasteiger partial charge in [0.05, 0.1) is 0 Å². The summed E-state index contributed by atoms with van der Waals surface area (Å²) >= 11 is 5.92. The van der Waals surface area contributed by atoms with Crippen molar-refractivity contribution in [1.82, 2.24) is 5.32 Å². The molecule has 0 aromatic heterocycles. The van der Waals surface area contributed by atoms with Crippen LogP contribution < -0.4 is 5.32 Å². The Morgan fingerprint density at radius 1 is 1.05 bits per heavy atom. The fourth-order valence-corrected chi connectivity index (χ4v) is 21.7. The molecule has 1 aliphatic carbocycles. The van der Waals surface area contributed by atoms with Crippen LogP contribution in [0.25, 0.3) is 0 Å². The standard InChI is InChI=1S/C13H17NS7/c15-21-13(16-17-18-19-20-21,11-7-3-1-4-8-11)14-12-9-5-2-6-10-12/h1,3-4,7-8,12,14H,2,5-6,9-10H2. The van der Waals surface area contributed by atoms with Crippen molar-refractivity contribution in [3.8, 4) is 0 Å². The van der Waals surface area contributed by atoms with E-state index in [9.17, 15) is 0 Å². The third-order valence-electron chi connectivity index (χ3n) is 3.68. The van der Waals surface area contributed by atoms with Gasteiger partial charge < -0.3 is 0 Å². The lowest BCUT2D eigenvalue weighted by molar-refractivity contribution is 0.360. The zero-order valence-electron chi connectivity index (χ0n) is 11.4. The third-order valence-corrected chi connectivity index (χ3v) is 19.7. The van der Waals surface area contributed by atoms with Gasteiger partial charge in [-0.2, -0.15) is 0 Å². The Morgan fingerprint density at radius 3 is 2.57 bits per heavy atom. The van der Waals surface area contributed by atoms with Crippen molar-refractivity contribution in [3.63, 3.8) is 0 Å². The van der Waals surface area contributed by atoms with E-state index in [1.807, 2.05) is 50.1 Å². The van der Waals surface area contributed by atoms with Gasteiger partial charge in [0.2, 0.25) is 0 Å². The zero-order valence-corrected chi connectivity index (χ0v) is 17.1. The smallest absolute Gasteiger partial charge is 0.163 e. The lowest BCUT2D eigenvalue weighted by Crippen LogP contribution is -2.47. The summed E-state index contributed by atoms with van der Waals surface area (Å²) in [5, 5.41) is 3.98. The van der Waals surface area contributed by atoms with Crippen molar-refractivity contribution in [2.75, 3.05) is 0 Å². The van der Waals surface area contributed by atoms with E-state index in [0.717, 1.165) is 0 Å². The highest BCUT2D eigenvalue weighted by Gasteiger charge is 2.41. The Bertz CT molecular complexity index is 477. The molecule has 21 heavy (non-hydrogen) atoms. The molecule has 0 bridgehead atoms. The highest BCUT2D eigenvalue weighted by molar-refractivity contribution is 9.44. The summed E-state index contributed by atoms with van der Waals surface area (Å²) in [6.45, 7) is 0. The van der Waals surface area contributed by atoms with Gasteiger partial charge in [-0.05, 0) is 88.2 Å². The zero-order chi connectivity index (χ0) is 14.5. The fourth-order valence-electron chi connectivity index (χ4n) is 2.66. The van der Waals surface area contributed by atoms with Crippen molar-refractivity contribution in [1.29, 1.82) is 0 Å². The highest BCUT2D eigenvalue weighted by atomic mass is 33.9. The van der Waals surface area contributed by atoms with Gasteiger partial charge in [0.1, 0.15) is 0 Å². The highest BCUT2D eigenvalue weighted by Crippen LogP contribution is 2.63. The normalized spacial score (nSPS) is 31.7. The topological polar surface area (TPSA) is 12.0 Å². The summed E-state index contributed by atoms with van der Waals surface area (Å²) in [6.07, 6.45) is 6.66. The van der Waals surface area contributed by atoms with Crippen LogP contribution in [0, 0.1) is 0 Å². The Morgan fingerprint density at radius 2 is 1.81 bits per heavy atom. The molecule has 8 heteroatoms. The number of hydrogen-bond donors (Lipinski definition) is 1. The summed E-state index contributed by atoms with van der Waals surface area (Å²) in [7, 11) is 9.11. The predicted octanol–water partition coefficient (Wildman–Crippen LogP) is 6.05. The molecule has 1 nitrogen and oxygen atoms in total. The van der Waals surface area contributed by atoms with Gasteiger partial charge in [-0.15, -0.1) is 0 Å². The summed E-state index contributed by atoms with van der Waals surface area (Å²) in [5.74, 6) is 0. The van der Waals surface area contributed by atoms with Crippen molar-refractivity contribution >= 4 is 69.8 Å². The van der Waals surface area contributed by atoms with Crippen LogP contribution in [0.2, 0.25) is 0 Å². The maximum absolute atomic E-state index is 5.92. The first-order valence-electron chi connectivity index (χ1n) is 6.92. The molecule has 2 aliphatic rings. The SMILES string of the molecule is S=S1SSSSSC1(NC1CCCCC1)c1ccccc1. The number of hydrogen-bond acceptors (Lipinski definition) is 7. The summed E-state index contributed by atoms with van der Waals surface area (Å²) < 4.78 is -0.134. The van der Waals surface area contributed by atoms with Crippen molar-refractivity contribution in [3.05, 3.63) is 35.9 Å². The molecule has 3 rings (SSSR count). The van der Waals surface area contributed by atoms with E-state index in [-0.39, 0.29) is 12.7 Å². The van der Waals surface area contributed by atoms with Gasteiger partial charge in [-0.25, -0.2) is 0 Å². The molecule has 1 aliphatic heterocycles. The largest absolute Gasteiger partial charge is 0.286 e. The van der Waals surface area contributed by atoms with E-state index in [1.165, 1.54) is 37.7 Å². The van der Waals surface area contributed by atoms with Crippen LogP contribution in [0.3, 0.4) is 0 Å². The minimum Gasteiger partial charge on any atom is -0.286 e. The third kappa shape index (κ3) is 4.32. The Balaban J connectivity index is 1.91. The molecular formula is C13H17NS7. The average Bonchev–Trinajstić information content (AvgIpc) is 2.72. The molecule has 1 saturated carbocycles. The van der Waals surface area contributed by atoms with Crippen LogP contribution in [0.5, 0.6) is 0 Å². The average molecular weight is 412 g/mol. The molecule has 1 aromatic carbocycles. The monoisotopic (exact) mass is 411 g/mol. The first-order valence-corrected chi connectivity index (χ1v) is 15.7. The summed E-state index contributed by atoms with van der Waals surface area (Å²) in [4.78, 5) is 0. The van der Waals surface area contributed by atoms with E-state index < -0.39 is 0 Å². The summed E-state index contributed by atoms with van der Waals surface area (Å²) in [6, 6.07) is 11.4. The van der Waals surface area contributed by atoms with Crippen molar-refractivity contribution < 1.29 is 0 Å². The molecular weight excluding hydrogens is 395 g/mol. The molecule has 1 N–H and O–H groups in total. The van der Waals surface area contributed by atoms with Crippen molar-refractivity contribution in [2.24, 2.45) is 0 Å². The molecule has 2 fully saturated rings. The Hall–Kier alpha value is 1.50. The number of rotatable bonds is 3. The van der Waals surface area contributed by atoms with E-state index >= 15 is 0 Å². The van der Waals surface area contributed by atoms with Gasteiger partial charge in [0.15, 0.2) is 4.20 Å². The molecule has 0 spiro atoms. The molecule has 1 aromatic rings. The van der Waals surface area contributed by atoms with E-state index in [4.69, 9.17) is 11.2 Å². The van der Waals surface area contributed by atoms with Crippen molar-refractivity contribution in [2.45, 2.75) is 42.3 Å². The molecule has 1 heterocycles. The van der Waals surface area contributed by atoms with E-state index in [1.54, 1.807) is 0 Å². The summed E-state index contributed by atoms with van der Waals surface area (Å²) in [5.41, 5.74) is 1.34. The second kappa shape index (κ2) is 8.55. The second-order valence-electron chi connectivity index (χ2n) is 5.05. The Kier molecular flexibility index (Phi) is 7.06. The lowest BCUT2D eigenvalue weighted by atomic mass is 9.95. The lowest BCUT2D eigenvalue weighted by Gasteiger charge is -2.38. The van der Waals surface area contributed by atoms with Crippen LogP contribution in [0.15, 0.2) is 30.3 Å². The second-order valence-corrected chi connectivity index (χ2v) is 17.4. The first-order chi connectivity index (χ1) is 10.3. The van der Waals surface area contributed by atoms with Crippen LogP contribution in [-0.4, -0.2) is 6.04 Å². The maximum atomic E-state index is 5.92. The molecule has 2 atom stereocenters. The number of nitrogens with one attached hydrogen (secondary N) is 1. The molecule has 0 amide bonds. The minimum absolute atomic E-state index is 0.134. The molecule has 1 saturated heterocycles. The quantitative estimate of drug-likeness (QED) is 0.599. The van der Waals surface area contributed by atoms with Crippen LogP contribution >= 0.6 is 50.1 Å². The van der Waals surface area contributed by atoms with Gasteiger partial charge in [-0.1, -0.05) is 49.6 Å². The van der Waals surface area contributed by atoms with Crippen LogP contribution in [0.4, 0.5) is 0 Å². The molecule has 2 unspecified atom stereocenters. The van der Waals surface area contributed by atoms with Crippen LogP contribution in [0.1, 0.15) is 37.7 Å². The van der Waals surface area contributed by atoms with Gasteiger partial charge in [0, 0.05) is 6.04 Å². The van der Waals surface area contributed by atoms with Crippen LogP contribution in [-0.2, 0) is 23.9 Å². The number of benzene rings is 1. The van der Waals surface area contributed by atoms with E-state index in [0.29, 0.717) is 6.04 Å². The predicted molar refractivity (Wildman–Crippen MR) is 111 cm³/mol. The van der Waals surface area contributed by atoms with Gasteiger partial charge in [0.25, 0.3) is 0 Å².